The predicted octanol–water partition coefficient (Wildman–Crippen LogP) is 4.48. The molecule has 3 aromatic carbocycles. The minimum absolute atomic E-state index is 0.0666. The Labute approximate surface area is 196 Å². The maximum atomic E-state index is 10.5. The van der Waals surface area contributed by atoms with Gasteiger partial charge in [0.1, 0.15) is 0 Å². The second kappa shape index (κ2) is 13.2. The molecule has 3 N–H and O–H groups in total. The molecule has 7 nitrogen and oxygen atoms in total. The number of hydrogen-bond acceptors (Lipinski definition) is 5. The van der Waals surface area contributed by atoms with Gasteiger partial charge in [-0.1, -0.05) is 72.6 Å². The molecule has 0 amide bonds. The summed E-state index contributed by atoms with van der Waals surface area (Å²) in [6.07, 6.45) is 1.42. The fourth-order valence-corrected chi connectivity index (χ4v) is 3.41. The van der Waals surface area contributed by atoms with Crippen LogP contribution in [0.1, 0.15) is 30.0 Å². The van der Waals surface area contributed by atoms with Gasteiger partial charge in [0.15, 0.2) is 0 Å². The first-order valence-electron chi connectivity index (χ1n) is 10.1. The third-order valence-corrected chi connectivity index (χ3v) is 6.16. The molecule has 0 bridgehead atoms. The number of aryl methyl sites for hydroxylation is 2. The van der Waals surface area contributed by atoms with E-state index in [1.54, 1.807) is 24.3 Å². The maximum Gasteiger partial charge on any atom is 0.294 e. The predicted molar refractivity (Wildman–Crippen MR) is 128 cm³/mol. The van der Waals surface area contributed by atoms with Crippen LogP contribution in [0.2, 0.25) is 0 Å². The van der Waals surface area contributed by atoms with E-state index in [1.165, 1.54) is 29.8 Å². The molecule has 0 aliphatic rings. The molecule has 1 unspecified atom stereocenters. The van der Waals surface area contributed by atoms with Gasteiger partial charge in [-0.25, -0.2) is 0 Å². The molecule has 9 heteroatoms. The molecule has 0 saturated carbocycles. The minimum atomic E-state index is -4.02. The van der Waals surface area contributed by atoms with Crippen LogP contribution in [0.15, 0.2) is 88.7 Å². The van der Waals surface area contributed by atoms with Crippen LogP contribution in [0.5, 0.6) is 0 Å². The van der Waals surface area contributed by atoms with E-state index < -0.39 is 20.2 Å². The Kier molecular flexibility index (Phi) is 11.4. The van der Waals surface area contributed by atoms with Crippen LogP contribution >= 0.6 is 0 Å². The summed E-state index contributed by atoms with van der Waals surface area (Å²) in [7, 11) is -8.04. The van der Waals surface area contributed by atoms with Crippen LogP contribution in [-0.2, 0) is 26.7 Å². The Bertz CT molecular complexity index is 1100. The second-order valence-corrected chi connectivity index (χ2v) is 10.2. The van der Waals surface area contributed by atoms with Gasteiger partial charge in [-0.15, -0.1) is 0 Å². The highest BCUT2D eigenvalue weighted by molar-refractivity contribution is 7.86. The summed E-state index contributed by atoms with van der Waals surface area (Å²) < 4.78 is 59.1. The lowest BCUT2D eigenvalue weighted by molar-refractivity contribution is 0.171. The quantitative estimate of drug-likeness (QED) is 0.446. The van der Waals surface area contributed by atoms with Gasteiger partial charge in [0.25, 0.3) is 20.2 Å². The zero-order valence-electron chi connectivity index (χ0n) is 18.8. The number of aliphatic hydroxyl groups is 1. The van der Waals surface area contributed by atoms with Crippen molar-refractivity contribution in [3.8, 4) is 0 Å². The lowest BCUT2D eigenvalue weighted by Gasteiger charge is -2.06. The zero-order valence-corrected chi connectivity index (χ0v) is 20.4. The highest BCUT2D eigenvalue weighted by Crippen LogP contribution is 2.09. The Morgan fingerprint density at radius 3 is 1.33 bits per heavy atom. The summed E-state index contributed by atoms with van der Waals surface area (Å²) in [6.45, 7) is 5.68. The first-order chi connectivity index (χ1) is 15.3. The van der Waals surface area contributed by atoms with Gasteiger partial charge >= 0.3 is 0 Å². The standard InChI is InChI=1S/C10H14O.2C7H8O3S/c1-2-10(11)8-9-6-4-3-5-7-9;2*1-6-2-4-7(5-3-6)11(8,9)10/h3-7,10-11H,2,8H2,1H3;2*2-5H,1H3,(H,8,9,10). The van der Waals surface area contributed by atoms with E-state index in [4.69, 9.17) is 9.11 Å². The van der Waals surface area contributed by atoms with Crippen LogP contribution in [0.4, 0.5) is 0 Å². The van der Waals surface area contributed by atoms with Gasteiger partial charge in [0.2, 0.25) is 0 Å². The van der Waals surface area contributed by atoms with Crippen LogP contribution < -0.4 is 0 Å². The Morgan fingerprint density at radius 1 is 0.667 bits per heavy atom. The number of aliphatic hydroxyl groups excluding tert-OH is 1. The molecule has 1 atom stereocenters. The molecule has 0 aliphatic heterocycles. The molecule has 0 heterocycles. The van der Waals surface area contributed by atoms with Crippen molar-refractivity contribution in [3.63, 3.8) is 0 Å². The van der Waals surface area contributed by atoms with Gasteiger partial charge in [-0.2, -0.15) is 16.8 Å². The van der Waals surface area contributed by atoms with Crippen molar-refractivity contribution in [3.05, 3.63) is 95.6 Å². The smallest absolute Gasteiger partial charge is 0.294 e. The summed E-state index contributed by atoms with van der Waals surface area (Å²) in [5.41, 5.74) is 3.12. The van der Waals surface area contributed by atoms with Crippen LogP contribution in [-0.4, -0.2) is 37.2 Å². The largest absolute Gasteiger partial charge is 0.393 e. The van der Waals surface area contributed by atoms with Crippen molar-refractivity contribution in [1.29, 1.82) is 0 Å². The third kappa shape index (κ3) is 11.7. The number of benzene rings is 3. The third-order valence-electron chi connectivity index (χ3n) is 4.42. The monoisotopic (exact) mass is 494 g/mol. The molecule has 3 aromatic rings. The first-order valence-corrected chi connectivity index (χ1v) is 13.0. The highest BCUT2D eigenvalue weighted by Gasteiger charge is 2.07. The molecule has 0 fully saturated rings. The molecule has 0 radical (unpaired) electrons. The minimum Gasteiger partial charge on any atom is -0.393 e. The molecule has 0 spiro atoms. The zero-order chi connectivity index (χ0) is 25.1. The van der Waals surface area contributed by atoms with Crippen molar-refractivity contribution in [2.24, 2.45) is 0 Å². The van der Waals surface area contributed by atoms with E-state index >= 15 is 0 Å². The van der Waals surface area contributed by atoms with Gasteiger partial charge < -0.3 is 5.11 Å². The number of hydrogen-bond donors (Lipinski definition) is 3. The maximum absolute atomic E-state index is 10.5. The SMILES string of the molecule is CCC(O)Cc1ccccc1.Cc1ccc(S(=O)(=O)O)cc1.Cc1ccc(S(=O)(=O)O)cc1. The first kappa shape index (κ1) is 28.5. The van der Waals surface area contributed by atoms with Crippen molar-refractivity contribution in [2.45, 2.75) is 49.5 Å². The molecule has 3 rings (SSSR count). The number of rotatable bonds is 5. The summed E-state index contributed by atoms with van der Waals surface area (Å²) in [4.78, 5) is -0.133. The molecule has 0 aromatic heterocycles. The molecule has 0 aliphatic carbocycles. The van der Waals surface area contributed by atoms with Crippen LogP contribution in [0.25, 0.3) is 0 Å². The molecular formula is C24H30O7S2. The second-order valence-electron chi connectivity index (χ2n) is 7.33. The average molecular weight is 495 g/mol. The van der Waals surface area contributed by atoms with Crippen molar-refractivity contribution in [2.75, 3.05) is 0 Å². The van der Waals surface area contributed by atoms with E-state index in [9.17, 15) is 21.9 Å². The molecule has 33 heavy (non-hydrogen) atoms. The van der Waals surface area contributed by atoms with Crippen molar-refractivity contribution >= 4 is 20.2 Å². The fraction of sp³-hybridized carbons (Fsp3) is 0.250. The lowest BCUT2D eigenvalue weighted by atomic mass is 10.1. The van der Waals surface area contributed by atoms with Crippen LogP contribution in [0, 0.1) is 13.8 Å². The summed E-state index contributed by atoms with van der Waals surface area (Å²) in [6, 6.07) is 22.0. The van der Waals surface area contributed by atoms with Gasteiger partial charge in [-0.05, 0) is 56.5 Å². The van der Waals surface area contributed by atoms with E-state index in [1.807, 2.05) is 51.1 Å². The van der Waals surface area contributed by atoms with E-state index in [0.717, 1.165) is 24.0 Å². The topological polar surface area (TPSA) is 129 Å². The van der Waals surface area contributed by atoms with Crippen molar-refractivity contribution in [1.82, 2.24) is 0 Å². The Hall–Kier alpha value is -2.56. The lowest BCUT2D eigenvalue weighted by Crippen LogP contribution is -2.07. The molecular weight excluding hydrogens is 464 g/mol. The average Bonchev–Trinajstić information content (AvgIpc) is 2.74. The summed E-state index contributed by atoms with van der Waals surface area (Å²) in [5, 5.41) is 9.31. The van der Waals surface area contributed by atoms with E-state index in [-0.39, 0.29) is 15.9 Å². The highest BCUT2D eigenvalue weighted by atomic mass is 32.2. The summed E-state index contributed by atoms with van der Waals surface area (Å²) in [5.74, 6) is 0. The Morgan fingerprint density at radius 2 is 1.03 bits per heavy atom. The van der Waals surface area contributed by atoms with Gasteiger partial charge in [0.05, 0.1) is 15.9 Å². The molecule has 180 valence electrons. The molecule has 0 saturated heterocycles. The Balaban J connectivity index is 0.000000247. The fourth-order valence-electron chi connectivity index (χ4n) is 2.45. The van der Waals surface area contributed by atoms with E-state index in [2.05, 4.69) is 0 Å². The normalized spacial score (nSPS) is 11.9. The van der Waals surface area contributed by atoms with Gasteiger partial charge in [-0.3, -0.25) is 9.11 Å². The summed E-state index contributed by atoms with van der Waals surface area (Å²) >= 11 is 0. The van der Waals surface area contributed by atoms with Gasteiger partial charge in [0, 0.05) is 0 Å². The van der Waals surface area contributed by atoms with E-state index in [0.29, 0.717) is 0 Å². The van der Waals surface area contributed by atoms with Crippen LogP contribution in [0.3, 0.4) is 0 Å². The van der Waals surface area contributed by atoms with Crippen molar-refractivity contribution < 1.29 is 31.0 Å².